The molecule has 2 aromatic carbocycles. The van der Waals surface area contributed by atoms with Gasteiger partial charge in [0.05, 0.1) is 0 Å². The first-order valence-electron chi connectivity index (χ1n) is 8.42. The number of carbonyl (C=O) groups excluding carboxylic acids is 1. The number of anilines is 3. The Morgan fingerprint density at radius 2 is 1.68 bits per heavy atom. The Labute approximate surface area is 159 Å². The normalized spacial score (nSPS) is 10.8. The lowest BCUT2D eigenvalue weighted by molar-refractivity contribution is 0.0988. The molecule has 0 bridgehead atoms. The Morgan fingerprint density at radius 3 is 2.36 bits per heavy atom. The molecule has 140 valence electrons. The SMILES string of the molecule is CN(C(=O)c1c(Nc2ccc(F)cc2)nc2ncccn12)c1ccc(F)cc1. The van der Waals surface area contributed by atoms with Crippen molar-refractivity contribution < 1.29 is 13.6 Å². The fourth-order valence-corrected chi connectivity index (χ4v) is 2.79. The van der Waals surface area contributed by atoms with E-state index in [0.717, 1.165) is 0 Å². The number of benzene rings is 2. The molecule has 2 aromatic heterocycles. The highest BCUT2D eigenvalue weighted by Crippen LogP contribution is 2.25. The van der Waals surface area contributed by atoms with Crippen LogP contribution in [0.5, 0.6) is 0 Å². The van der Waals surface area contributed by atoms with Gasteiger partial charge in [0.2, 0.25) is 5.78 Å². The number of halogens is 2. The molecule has 0 aliphatic carbocycles. The molecule has 4 rings (SSSR count). The Morgan fingerprint density at radius 1 is 1.04 bits per heavy atom. The number of carbonyl (C=O) groups is 1. The molecule has 0 aliphatic heterocycles. The first-order valence-corrected chi connectivity index (χ1v) is 8.42. The number of amides is 1. The summed E-state index contributed by atoms with van der Waals surface area (Å²) in [5, 5.41) is 3.04. The van der Waals surface area contributed by atoms with Gasteiger partial charge in [0.1, 0.15) is 11.6 Å². The average molecular weight is 379 g/mol. The van der Waals surface area contributed by atoms with E-state index < -0.39 is 0 Å². The maximum atomic E-state index is 13.2. The van der Waals surface area contributed by atoms with Crippen molar-refractivity contribution in [1.29, 1.82) is 0 Å². The van der Waals surface area contributed by atoms with E-state index in [4.69, 9.17) is 0 Å². The zero-order valence-electron chi connectivity index (χ0n) is 14.8. The molecular formula is C20H15F2N5O. The lowest BCUT2D eigenvalue weighted by Gasteiger charge is -2.18. The van der Waals surface area contributed by atoms with Gasteiger partial charge in [-0.1, -0.05) is 0 Å². The van der Waals surface area contributed by atoms with Gasteiger partial charge in [0.25, 0.3) is 5.91 Å². The Hall–Kier alpha value is -3.81. The van der Waals surface area contributed by atoms with Crippen LogP contribution >= 0.6 is 0 Å². The van der Waals surface area contributed by atoms with Gasteiger partial charge in [0, 0.05) is 30.8 Å². The second kappa shape index (κ2) is 7.07. The van der Waals surface area contributed by atoms with Crippen molar-refractivity contribution in [1.82, 2.24) is 14.4 Å². The van der Waals surface area contributed by atoms with Gasteiger partial charge < -0.3 is 10.2 Å². The Bertz CT molecular complexity index is 1140. The molecule has 28 heavy (non-hydrogen) atoms. The minimum atomic E-state index is -0.387. The number of hydrogen-bond donors (Lipinski definition) is 1. The van der Waals surface area contributed by atoms with Crippen LogP contribution < -0.4 is 10.2 Å². The van der Waals surface area contributed by atoms with Gasteiger partial charge in [-0.25, -0.2) is 13.8 Å². The molecule has 0 unspecified atom stereocenters. The van der Waals surface area contributed by atoms with E-state index in [1.54, 1.807) is 42.0 Å². The van der Waals surface area contributed by atoms with Crippen molar-refractivity contribution in [2.75, 3.05) is 17.3 Å². The largest absolute Gasteiger partial charge is 0.338 e. The summed E-state index contributed by atoms with van der Waals surface area (Å²) in [4.78, 5) is 23.2. The predicted octanol–water partition coefficient (Wildman–Crippen LogP) is 4.03. The number of aromatic nitrogens is 3. The van der Waals surface area contributed by atoms with Crippen LogP contribution in [-0.2, 0) is 0 Å². The van der Waals surface area contributed by atoms with E-state index in [9.17, 15) is 13.6 Å². The van der Waals surface area contributed by atoms with Gasteiger partial charge in [-0.05, 0) is 54.6 Å². The van der Waals surface area contributed by atoms with Crippen LogP contribution in [0.1, 0.15) is 10.5 Å². The molecular weight excluding hydrogens is 364 g/mol. The van der Waals surface area contributed by atoms with Crippen molar-refractivity contribution >= 4 is 28.9 Å². The lowest BCUT2D eigenvalue weighted by atomic mass is 10.2. The van der Waals surface area contributed by atoms with E-state index in [1.807, 2.05) is 0 Å². The minimum absolute atomic E-state index is 0.249. The van der Waals surface area contributed by atoms with Crippen molar-refractivity contribution in [2.45, 2.75) is 0 Å². The zero-order valence-corrected chi connectivity index (χ0v) is 14.8. The molecule has 0 fully saturated rings. The first kappa shape index (κ1) is 17.6. The number of fused-ring (bicyclic) bond motifs is 1. The van der Waals surface area contributed by atoms with Gasteiger partial charge in [0.15, 0.2) is 11.5 Å². The summed E-state index contributed by atoms with van der Waals surface area (Å²) >= 11 is 0. The van der Waals surface area contributed by atoms with E-state index in [-0.39, 0.29) is 29.1 Å². The van der Waals surface area contributed by atoms with Crippen molar-refractivity contribution in [3.63, 3.8) is 0 Å². The maximum Gasteiger partial charge on any atom is 0.278 e. The lowest BCUT2D eigenvalue weighted by Crippen LogP contribution is -2.28. The van der Waals surface area contributed by atoms with E-state index >= 15 is 0 Å². The Balaban J connectivity index is 1.76. The fourth-order valence-electron chi connectivity index (χ4n) is 2.79. The molecule has 1 amide bonds. The highest BCUT2D eigenvalue weighted by molar-refractivity contribution is 6.08. The molecule has 0 spiro atoms. The number of nitrogens with zero attached hydrogens (tertiary/aromatic N) is 4. The van der Waals surface area contributed by atoms with Gasteiger partial charge in [-0.3, -0.25) is 9.20 Å². The van der Waals surface area contributed by atoms with Crippen molar-refractivity contribution in [3.8, 4) is 0 Å². The standard InChI is InChI=1S/C20H15F2N5O/c1-26(16-9-5-14(22)6-10-16)19(28)17-18(24-15-7-3-13(21)4-8-15)25-20-23-11-2-12-27(17)20/h2-12,24H,1H3. The van der Waals surface area contributed by atoms with E-state index in [2.05, 4.69) is 15.3 Å². The topological polar surface area (TPSA) is 62.5 Å². The highest BCUT2D eigenvalue weighted by atomic mass is 19.1. The van der Waals surface area contributed by atoms with Crippen LogP contribution in [0.3, 0.4) is 0 Å². The smallest absolute Gasteiger partial charge is 0.278 e. The summed E-state index contributed by atoms with van der Waals surface area (Å²) in [6.45, 7) is 0. The van der Waals surface area contributed by atoms with E-state index in [1.165, 1.54) is 41.3 Å². The van der Waals surface area contributed by atoms with Gasteiger partial charge in [-0.15, -0.1) is 0 Å². The van der Waals surface area contributed by atoms with Gasteiger partial charge in [-0.2, -0.15) is 4.98 Å². The third kappa shape index (κ3) is 3.27. The molecule has 0 radical (unpaired) electrons. The van der Waals surface area contributed by atoms with Crippen LogP contribution in [0.2, 0.25) is 0 Å². The number of nitrogens with one attached hydrogen (secondary N) is 1. The molecule has 6 nitrogen and oxygen atoms in total. The summed E-state index contributed by atoms with van der Waals surface area (Å²) in [7, 11) is 1.59. The average Bonchev–Trinajstić information content (AvgIpc) is 3.07. The molecule has 0 aliphatic rings. The first-order chi connectivity index (χ1) is 13.5. The number of rotatable bonds is 4. The fraction of sp³-hybridized carbons (Fsp3) is 0.0500. The number of hydrogen-bond acceptors (Lipinski definition) is 4. The van der Waals surface area contributed by atoms with Gasteiger partial charge >= 0.3 is 0 Å². The van der Waals surface area contributed by atoms with E-state index in [0.29, 0.717) is 17.2 Å². The van der Waals surface area contributed by atoms with Crippen LogP contribution in [0.4, 0.5) is 26.0 Å². The quantitative estimate of drug-likeness (QED) is 0.582. The second-order valence-corrected chi connectivity index (χ2v) is 6.07. The number of imidazole rings is 1. The zero-order chi connectivity index (χ0) is 19.7. The minimum Gasteiger partial charge on any atom is -0.338 e. The van der Waals surface area contributed by atoms with Crippen molar-refractivity contribution in [2.24, 2.45) is 0 Å². The second-order valence-electron chi connectivity index (χ2n) is 6.07. The molecule has 0 saturated carbocycles. The molecule has 0 atom stereocenters. The molecule has 4 aromatic rings. The van der Waals surface area contributed by atoms with Crippen LogP contribution in [0, 0.1) is 11.6 Å². The summed E-state index contributed by atoms with van der Waals surface area (Å²) in [6.07, 6.45) is 3.25. The predicted molar refractivity (Wildman–Crippen MR) is 102 cm³/mol. The highest BCUT2D eigenvalue weighted by Gasteiger charge is 2.24. The maximum absolute atomic E-state index is 13.2. The molecule has 0 saturated heterocycles. The molecule has 8 heteroatoms. The third-order valence-electron chi connectivity index (χ3n) is 4.23. The summed E-state index contributed by atoms with van der Waals surface area (Å²) < 4.78 is 27.9. The summed E-state index contributed by atoms with van der Waals surface area (Å²) in [5.41, 5.74) is 1.35. The van der Waals surface area contributed by atoms with Crippen LogP contribution in [0.25, 0.3) is 5.78 Å². The summed E-state index contributed by atoms with van der Waals surface area (Å²) in [5.74, 6) is -0.499. The van der Waals surface area contributed by atoms with Crippen LogP contribution in [-0.4, -0.2) is 27.3 Å². The summed E-state index contributed by atoms with van der Waals surface area (Å²) in [6, 6.07) is 13.0. The third-order valence-corrected chi connectivity index (χ3v) is 4.23. The van der Waals surface area contributed by atoms with Crippen molar-refractivity contribution in [3.05, 3.63) is 84.3 Å². The molecule has 2 heterocycles. The monoisotopic (exact) mass is 379 g/mol. The Kier molecular flexibility index (Phi) is 4.44. The molecule has 1 N–H and O–H groups in total. The van der Waals surface area contributed by atoms with Crippen LogP contribution in [0.15, 0.2) is 67.0 Å².